The Labute approximate surface area is 189 Å². The fourth-order valence-electron chi connectivity index (χ4n) is 4.59. The molecule has 1 heterocycles. The normalized spacial score (nSPS) is 20.2. The minimum atomic E-state index is -0.416. The van der Waals surface area contributed by atoms with Crippen LogP contribution in [0.2, 0.25) is 0 Å². The van der Waals surface area contributed by atoms with E-state index in [0.717, 1.165) is 28.3 Å². The maximum atomic E-state index is 13.3. The van der Waals surface area contributed by atoms with E-state index in [4.69, 9.17) is 9.47 Å². The predicted molar refractivity (Wildman–Crippen MR) is 123 cm³/mol. The van der Waals surface area contributed by atoms with E-state index in [9.17, 15) is 9.59 Å². The number of carbonyl (C=O) groups is 2. The van der Waals surface area contributed by atoms with Crippen molar-refractivity contribution in [2.45, 2.75) is 39.0 Å². The van der Waals surface area contributed by atoms with Gasteiger partial charge >= 0.3 is 5.97 Å². The van der Waals surface area contributed by atoms with Crippen molar-refractivity contribution in [1.82, 2.24) is 5.32 Å². The molecule has 0 aromatic heterocycles. The molecular weight excluding hydrogens is 402 g/mol. The van der Waals surface area contributed by atoms with Gasteiger partial charge < -0.3 is 14.8 Å². The fourth-order valence-corrected chi connectivity index (χ4v) is 4.59. The largest absolute Gasteiger partial charge is 0.494 e. The minimum Gasteiger partial charge on any atom is -0.494 e. The molecule has 1 N–H and O–H groups in total. The first-order chi connectivity index (χ1) is 15.6. The van der Waals surface area contributed by atoms with E-state index in [-0.39, 0.29) is 18.4 Å². The molecule has 166 valence electrons. The van der Waals surface area contributed by atoms with Gasteiger partial charge in [-0.1, -0.05) is 48.5 Å². The third-order valence-electron chi connectivity index (χ3n) is 6.03. The first-order valence-electron chi connectivity index (χ1n) is 11.2. The maximum Gasteiger partial charge on any atom is 0.336 e. The number of ketones is 1. The molecule has 2 aliphatic rings. The Balaban J connectivity index is 1.65. The number of Topliss-reactive ketones (excluding diaryl/α,β-unsaturated/α-hetero) is 1. The summed E-state index contributed by atoms with van der Waals surface area (Å²) in [6.07, 6.45) is 3.91. The molecule has 2 aromatic rings. The molecule has 0 amide bonds. The third-order valence-corrected chi connectivity index (χ3v) is 6.03. The van der Waals surface area contributed by atoms with Crippen LogP contribution in [0.15, 0.2) is 77.6 Å². The maximum absolute atomic E-state index is 13.3. The van der Waals surface area contributed by atoms with E-state index < -0.39 is 11.8 Å². The SMILES string of the molecule is CCOc1cccc(C2C(C(=O)OCCc3ccccc3)=C(C)NC3=CCCC(=O)C32)c1. The summed E-state index contributed by atoms with van der Waals surface area (Å²) in [7, 11) is 0. The molecule has 0 radical (unpaired) electrons. The van der Waals surface area contributed by atoms with Gasteiger partial charge in [-0.3, -0.25) is 4.79 Å². The molecule has 1 aliphatic heterocycles. The van der Waals surface area contributed by atoms with Gasteiger partial charge in [0.05, 0.1) is 24.7 Å². The standard InChI is InChI=1S/C27H29NO4/c1-3-31-21-12-7-11-20(17-21)25-24(18(2)28-22-13-8-14-23(29)26(22)25)27(30)32-16-15-19-9-5-4-6-10-19/h4-7,9-13,17,25-26,28H,3,8,14-16H2,1-2H3. The lowest BCUT2D eigenvalue weighted by molar-refractivity contribution is -0.139. The lowest BCUT2D eigenvalue weighted by Gasteiger charge is -2.38. The molecule has 0 fully saturated rings. The summed E-state index contributed by atoms with van der Waals surface area (Å²) < 4.78 is 11.4. The number of fused-ring (bicyclic) bond motifs is 1. The topological polar surface area (TPSA) is 64.6 Å². The Morgan fingerprint density at radius 1 is 1.09 bits per heavy atom. The zero-order valence-corrected chi connectivity index (χ0v) is 18.6. The lowest BCUT2D eigenvalue weighted by atomic mass is 9.71. The monoisotopic (exact) mass is 431 g/mol. The number of esters is 1. The highest BCUT2D eigenvalue weighted by atomic mass is 16.5. The van der Waals surface area contributed by atoms with Gasteiger partial charge in [-0.2, -0.15) is 0 Å². The molecule has 5 nitrogen and oxygen atoms in total. The summed E-state index contributed by atoms with van der Waals surface area (Å²) in [4.78, 5) is 26.3. The predicted octanol–water partition coefficient (Wildman–Crippen LogP) is 4.70. The number of allylic oxidation sites excluding steroid dienone is 3. The van der Waals surface area contributed by atoms with Crippen molar-refractivity contribution in [1.29, 1.82) is 0 Å². The second-order valence-electron chi connectivity index (χ2n) is 8.16. The first kappa shape index (κ1) is 21.9. The van der Waals surface area contributed by atoms with Crippen LogP contribution in [0.25, 0.3) is 0 Å². The van der Waals surface area contributed by atoms with Crippen LogP contribution in [0.4, 0.5) is 0 Å². The van der Waals surface area contributed by atoms with Crippen LogP contribution in [0.1, 0.15) is 43.7 Å². The van der Waals surface area contributed by atoms with Gasteiger partial charge in [0.25, 0.3) is 0 Å². The smallest absolute Gasteiger partial charge is 0.336 e. The van der Waals surface area contributed by atoms with Crippen LogP contribution in [-0.2, 0) is 20.7 Å². The number of hydrogen-bond donors (Lipinski definition) is 1. The van der Waals surface area contributed by atoms with Crippen molar-refractivity contribution < 1.29 is 19.1 Å². The summed E-state index contributed by atoms with van der Waals surface area (Å²) in [5, 5.41) is 3.32. The number of hydrogen-bond acceptors (Lipinski definition) is 5. The summed E-state index contributed by atoms with van der Waals surface area (Å²) in [5.74, 6) is -0.327. The van der Waals surface area contributed by atoms with Crippen molar-refractivity contribution >= 4 is 11.8 Å². The van der Waals surface area contributed by atoms with Crippen molar-refractivity contribution in [2.24, 2.45) is 5.92 Å². The van der Waals surface area contributed by atoms with Crippen LogP contribution in [0, 0.1) is 5.92 Å². The molecule has 0 spiro atoms. The Kier molecular flexibility index (Phi) is 6.74. The Bertz CT molecular complexity index is 1050. The summed E-state index contributed by atoms with van der Waals surface area (Å²) in [6, 6.07) is 17.6. The highest BCUT2D eigenvalue weighted by Gasteiger charge is 2.43. The van der Waals surface area contributed by atoms with E-state index in [2.05, 4.69) is 11.4 Å². The lowest BCUT2D eigenvalue weighted by Crippen LogP contribution is -2.40. The van der Waals surface area contributed by atoms with Crippen molar-refractivity contribution in [3.8, 4) is 5.75 Å². The summed E-state index contributed by atoms with van der Waals surface area (Å²) in [5.41, 5.74) is 4.13. The second kappa shape index (κ2) is 9.86. The molecule has 4 rings (SSSR count). The Morgan fingerprint density at radius 3 is 2.69 bits per heavy atom. The van der Waals surface area contributed by atoms with Crippen LogP contribution >= 0.6 is 0 Å². The van der Waals surface area contributed by atoms with Gasteiger partial charge in [0.2, 0.25) is 0 Å². The van der Waals surface area contributed by atoms with Crippen LogP contribution in [0.3, 0.4) is 0 Å². The number of benzene rings is 2. The van der Waals surface area contributed by atoms with Gasteiger partial charge in [0.1, 0.15) is 11.5 Å². The van der Waals surface area contributed by atoms with E-state index in [1.54, 1.807) is 0 Å². The van der Waals surface area contributed by atoms with Gasteiger partial charge in [0.15, 0.2) is 0 Å². The van der Waals surface area contributed by atoms with Crippen molar-refractivity contribution in [3.05, 3.63) is 88.8 Å². The molecule has 0 bridgehead atoms. The fraction of sp³-hybridized carbons (Fsp3) is 0.333. The molecule has 5 heteroatoms. The summed E-state index contributed by atoms with van der Waals surface area (Å²) in [6.45, 7) is 4.64. The number of carbonyl (C=O) groups excluding carboxylic acids is 2. The third kappa shape index (κ3) is 4.62. The first-order valence-corrected chi connectivity index (χ1v) is 11.2. The quantitative estimate of drug-likeness (QED) is 0.644. The molecule has 1 aliphatic carbocycles. The van der Waals surface area contributed by atoms with E-state index >= 15 is 0 Å². The average Bonchev–Trinajstić information content (AvgIpc) is 2.79. The molecule has 0 saturated heterocycles. The zero-order chi connectivity index (χ0) is 22.5. The minimum absolute atomic E-state index is 0.142. The van der Waals surface area contributed by atoms with Gasteiger partial charge in [-0.05, 0) is 43.5 Å². The number of rotatable bonds is 7. The average molecular weight is 432 g/mol. The zero-order valence-electron chi connectivity index (χ0n) is 18.6. The van der Waals surface area contributed by atoms with Crippen LogP contribution in [0.5, 0.6) is 5.75 Å². The van der Waals surface area contributed by atoms with E-state index in [0.29, 0.717) is 31.4 Å². The van der Waals surface area contributed by atoms with Crippen molar-refractivity contribution in [2.75, 3.05) is 13.2 Å². The van der Waals surface area contributed by atoms with Crippen molar-refractivity contribution in [3.63, 3.8) is 0 Å². The number of nitrogens with one attached hydrogen (secondary N) is 1. The van der Waals surface area contributed by atoms with Crippen LogP contribution in [-0.4, -0.2) is 25.0 Å². The Morgan fingerprint density at radius 2 is 1.91 bits per heavy atom. The van der Waals surface area contributed by atoms with Crippen LogP contribution < -0.4 is 10.1 Å². The Hall–Kier alpha value is -3.34. The van der Waals surface area contributed by atoms with E-state index in [1.165, 1.54) is 0 Å². The molecule has 0 saturated carbocycles. The molecule has 2 aromatic carbocycles. The molecular formula is C27H29NO4. The molecule has 2 unspecified atom stereocenters. The van der Waals surface area contributed by atoms with E-state index in [1.807, 2.05) is 68.4 Å². The second-order valence-corrected chi connectivity index (χ2v) is 8.16. The summed E-state index contributed by atoms with van der Waals surface area (Å²) >= 11 is 0. The van der Waals surface area contributed by atoms with Gasteiger partial charge in [0, 0.05) is 30.2 Å². The molecule has 32 heavy (non-hydrogen) atoms. The number of ether oxygens (including phenoxy) is 2. The molecule has 2 atom stereocenters. The van der Waals surface area contributed by atoms with Gasteiger partial charge in [-0.25, -0.2) is 4.79 Å². The highest BCUT2D eigenvalue weighted by Crippen LogP contribution is 2.44. The highest BCUT2D eigenvalue weighted by molar-refractivity contribution is 5.96. The van der Waals surface area contributed by atoms with Gasteiger partial charge in [-0.15, -0.1) is 0 Å².